The minimum atomic E-state index is -4.89. The Kier molecular flexibility index (Phi) is 5.08. The van der Waals surface area contributed by atoms with E-state index in [0.29, 0.717) is 31.1 Å². The maximum atomic E-state index is 12.5. The van der Waals surface area contributed by atoms with Crippen LogP contribution in [-0.2, 0) is 9.59 Å². The minimum Gasteiger partial charge on any atom is -0.365 e. The van der Waals surface area contributed by atoms with Crippen LogP contribution in [0.5, 0.6) is 0 Å². The fraction of sp³-hybridized carbons (Fsp3) is 0.375. The zero-order valence-electron chi connectivity index (χ0n) is 12.6. The SMILES string of the molecule is CN(C(=O)C1CCCN1/C=C/C(=O)C(F)(F)F)c1ccccc1. The molecule has 1 heterocycles. The number of likely N-dealkylation sites (tertiary alicyclic amines) is 1. The summed E-state index contributed by atoms with van der Waals surface area (Å²) in [5, 5.41) is 0. The van der Waals surface area contributed by atoms with Crippen LogP contribution in [0, 0.1) is 0 Å². The molecule has 0 saturated carbocycles. The number of para-hydroxylation sites is 1. The lowest BCUT2D eigenvalue weighted by Gasteiger charge is -2.27. The maximum Gasteiger partial charge on any atom is 0.454 e. The number of anilines is 1. The molecule has 23 heavy (non-hydrogen) atoms. The second-order valence-electron chi connectivity index (χ2n) is 5.31. The van der Waals surface area contributed by atoms with Gasteiger partial charge in [0.2, 0.25) is 5.91 Å². The average molecular weight is 326 g/mol. The van der Waals surface area contributed by atoms with Crippen LogP contribution in [0.1, 0.15) is 12.8 Å². The van der Waals surface area contributed by atoms with E-state index in [0.717, 1.165) is 6.20 Å². The molecule has 1 aromatic rings. The molecule has 1 aliphatic rings. The summed E-state index contributed by atoms with van der Waals surface area (Å²) in [6.07, 6.45) is -2.11. The fourth-order valence-electron chi connectivity index (χ4n) is 2.49. The smallest absolute Gasteiger partial charge is 0.365 e. The molecule has 0 bridgehead atoms. The van der Waals surface area contributed by atoms with Gasteiger partial charge >= 0.3 is 6.18 Å². The van der Waals surface area contributed by atoms with Gasteiger partial charge in [-0.15, -0.1) is 0 Å². The predicted molar refractivity (Wildman–Crippen MR) is 79.8 cm³/mol. The molecule has 0 spiro atoms. The molecule has 7 heteroatoms. The van der Waals surface area contributed by atoms with Gasteiger partial charge in [-0.25, -0.2) is 0 Å². The molecule has 124 valence electrons. The Morgan fingerprint density at radius 3 is 2.52 bits per heavy atom. The maximum absolute atomic E-state index is 12.5. The number of benzene rings is 1. The molecule has 4 nitrogen and oxygen atoms in total. The highest BCUT2D eigenvalue weighted by molar-refractivity contribution is 5.97. The molecular formula is C16H17F3N2O2. The predicted octanol–water partition coefficient (Wildman–Crippen LogP) is 2.76. The van der Waals surface area contributed by atoms with Crippen LogP contribution in [-0.4, -0.2) is 42.4 Å². The summed E-state index contributed by atoms with van der Waals surface area (Å²) in [6, 6.07) is 8.42. The van der Waals surface area contributed by atoms with Gasteiger partial charge in [-0.05, 0) is 25.0 Å². The molecule has 2 rings (SSSR count). The molecule has 1 atom stereocenters. The van der Waals surface area contributed by atoms with Crippen molar-refractivity contribution in [2.45, 2.75) is 25.1 Å². The van der Waals surface area contributed by atoms with Gasteiger partial charge in [0.1, 0.15) is 6.04 Å². The fourth-order valence-corrected chi connectivity index (χ4v) is 2.49. The van der Waals surface area contributed by atoms with Gasteiger partial charge in [0, 0.05) is 31.6 Å². The highest BCUT2D eigenvalue weighted by atomic mass is 19.4. The number of alkyl halides is 3. The van der Waals surface area contributed by atoms with Crippen molar-refractivity contribution in [1.29, 1.82) is 0 Å². The number of carbonyl (C=O) groups is 2. The van der Waals surface area contributed by atoms with E-state index in [4.69, 9.17) is 0 Å². The number of amides is 1. The average Bonchev–Trinajstić information content (AvgIpc) is 2.99. The van der Waals surface area contributed by atoms with Gasteiger partial charge < -0.3 is 9.80 Å². The molecular weight excluding hydrogens is 309 g/mol. The number of nitrogens with zero attached hydrogens (tertiary/aromatic N) is 2. The summed E-state index contributed by atoms with van der Waals surface area (Å²) < 4.78 is 36.7. The van der Waals surface area contributed by atoms with Gasteiger partial charge in [-0.3, -0.25) is 9.59 Å². The molecule has 1 unspecified atom stereocenters. The molecule has 1 amide bonds. The van der Waals surface area contributed by atoms with E-state index in [1.165, 1.54) is 9.80 Å². The summed E-state index contributed by atoms with van der Waals surface area (Å²) in [7, 11) is 1.62. The first-order chi connectivity index (χ1) is 10.8. The summed E-state index contributed by atoms with van der Waals surface area (Å²) in [6.45, 7) is 0.445. The monoisotopic (exact) mass is 326 g/mol. The van der Waals surface area contributed by atoms with Crippen molar-refractivity contribution < 1.29 is 22.8 Å². The topological polar surface area (TPSA) is 40.6 Å². The number of hydrogen-bond donors (Lipinski definition) is 0. The summed E-state index contributed by atoms with van der Waals surface area (Å²) in [5.74, 6) is -2.13. The van der Waals surface area contributed by atoms with Crippen LogP contribution in [0.15, 0.2) is 42.6 Å². The number of likely N-dealkylation sites (N-methyl/N-ethyl adjacent to an activating group) is 1. The minimum absolute atomic E-state index is 0.210. The quantitative estimate of drug-likeness (QED) is 0.799. The second-order valence-corrected chi connectivity index (χ2v) is 5.31. The third kappa shape index (κ3) is 4.12. The number of hydrogen-bond acceptors (Lipinski definition) is 3. The van der Waals surface area contributed by atoms with Crippen LogP contribution in [0.2, 0.25) is 0 Å². The lowest BCUT2D eigenvalue weighted by atomic mass is 10.2. The van der Waals surface area contributed by atoms with E-state index >= 15 is 0 Å². The van der Waals surface area contributed by atoms with Crippen molar-refractivity contribution in [3.05, 3.63) is 42.6 Å². The Hall–Kier alpha value is -2.31. The Labute approximate surface area is 132 Å². The standard InChI is InChI=1S/C16H17F3N2O2/c1-20(12-6-3-2-4-7-12)15(23)13-8-5-10-21(13)11-9-14(22)16(17,18)19/h2-4,6-7,9,11,13H,5,8,10H2,1H3/b11-9+. The third-order valence-corrected chi connectivity index (χ3v) is 3.75. The Morgan fingerprint density at radius 2 is 1.91 bits per heavy atom. The van der Waals surface area contributed by atoms with Crippen LogP contribution < -0.4 is 4.90 Å². The van der Waals surface area contributed by atoms with Crippen molar-refractivity contribution in [3.63, 3.8) is 0 Å². The number of halogens is 3. The van der Waals surface area contributed by atoms with E-state index in [1.807, 2.05) is 6.07 Å². The van der Waals surface area contributed by atoms with Crippen molar-refractivity contribution in [1.82, 2.24) is 4.90 Å². The van der Waals surface area contributed by atoms with Gasteiger partial charge in [0.05, 0.1) is 0 Å². The highest BCUT2D eigenvalue weighted by Gasteiger charge is 2.37. The number of rotatable bonds is 4. The third-order valence-electron chi connectivity index (χ3n) is 3.75. The lowest BCUT2D eigenvalue weighted by molar-refractivity contribution is -0.165. The summed E-state index contributed by atoms with van der Waals surface area (Å²) in [5.41, 5.74) is 0.708. The summed E-state index contributed by atoms with van der Waals surface area (Å²) in [4.78, 5) is 26.4. The molecule has 0 radical (unpaired) electrons. The van der Waals surface area contributed by atoms with Gasteiger partial charge in [-0.2, -0.15) is 13.2 Å². The molecule has 1 aliphatic heterocycles. The van der Waals surface area contributed by atoms with Crippen LogP contribution >= 0.6 is 0 Å². The van der Waals surface area contributed by atoms with Crippen molar-refractivity contribution >= 4 is 17.4 Å². The Balaban J connectivity index is 2.08. The molecule has 0 N–H and O–H groups in total. The van der Waals surface area contributed by atoms with Gasteiger partial charge in [0.15, 0.2) is 0 Å². The van der Waals surface area contributed by atoms with Crippen molar-refractivity contribution in [2.24, 2.45) is 0 Å². The van der Waals surface area contributed by atoms with E-state index in [1.54, 1.807) is 31.3 Å². The number of ketones is 1. The van der Waals surface area contributed by atoms with Crippen molar-refractivity contribution in [3.8, 4) is 0 Å². The first-order valence-corrected chi connectivity index (χ1v) is 7.18. The Morgan fingerprint density at radius 1 is 1.26 bits per heavy atom. The highest BCUT2D eigenvalue weighted by Crippen LogP contribution is 2.23. The van der Waals surface area contributed by atoms with Gasteiger partial charge in [0.25, 0.3) is 5.78 Å². The molecule has 1 fully saturated rings. The lowest BCUT2D eigenvalue weighted by Crippen LogP contribution is -2.42. The van der Waals surface area contributed by atoms with E-state index in [9.17, 15) is 22.8 Å². The molecule has 1 saturated heterocycles. The Bertz CT molecular complexity index is 599. The molecule has 0 aromatic heterocycles. The van der Waals surface area contributed by atoms with E-state index < -0.39 is 18.0 Å². The second kappa shape index (κ2) is 6.85. The zero-order chi connectivity index (χ0) is 17.0. The van der Waals surface area contributed by atoms with Crippen molar-refractivity contribution in [2.75, 3.05) is 18.5 Å². The number of carbonyl (C=O) groups excluding carboxylic acids is 2. The number of allylic oxidation sites excluding steroid dienone is 1. The normalized spacial score (nSPS) is 18.4. The van der Waals surface area contributed by atoms with Gasteiger partial charge in [-0.1, -0.05) is 18.2 Å². The van der Waals surface area contributed by atoms with E-state index in [2.05, 4.69) is 0 Å². The summed E-state index contributed by atoms with van der Waals surface area (Å²) >= 11 is 0. The van der Waals surface area contributed by atoms with Crippen LogP contribution in [0.3, 0.4) is 0 Å². The van der Waals surface area contributed by atoms with Crippen LogP contribution in [0.25, 0.3) is 0 Å². The molecule has 1 aromatic carbocycles. The zero-order valence-corrected chi connectivity index (χ0v) is 12.6. The first kappa shape index (κ1) is 17.1. The largest absolute Gasteiger partial charge is 0.454 e. The van der Waals surface area contributed by atoms with Crippen LogP contribution in [0.4, 0.5) is 18.9 Å². The first-order valence-electron chi connectivity index (χ1n) is 7.18. The van der Waals surface area contributed by atoms with E-state index in [-0.39, 0.29) is 5.91 Å². The molecule has 0 aliphatic carbocycles.